The Morgan fingerprint density at radius 2 is 1.83 bits per heavy atom. The number of carbonyl (C=O) groups excluding carboxylic acids is 1. The Morgan fingerprint density at radius 3 is 2.54 bits per heavy atom. The van der Waals surface area contributed by atoms with Crippen LogP contribution in [0.3, 0.4) is 0 Å². The van der Waals surface area contributed by atoms with Gasteiger partial charge in [0.1, 0.15) is 24.4 Å². The number of carbonyl (C=O) groups is 1. The van der Waals surface area contributed by atoms with E-state index < -0.39 is 0 Å². The van der Waals surface area contributed by atoms with Crippen LogP contribution >= 0.6 is 0 Å². The second kappa shape index (κ2) is 7.90. The van der Waals surface area contributed by atoms with Gasteiger partial charge < -0.3 is 9.47 Å². The van der Waals surface area contributed by atoms with Crippen molar-refractivity contribution in [1.82, 2.24) is 5.32 Å². The molecule has 6 heteroatoms. The number of hydrogen-bond donors (Lipinski definition) is 1. The molecule has 126 valence electrons. The smallest absolute Gasteiger partial charge is 0.232 e. The summed E-state index contributed by atoms with van der Waals surface area (Å²) in [6.07, 6.45) is -0.114. The number of nitrogens with one attached hydrogen (secondary N) is 1. The third-order valence-electron chi connectivity index (χ3n) is 3.69. The van der Waals surface area contributed by atoms with E-state index in [1.54, 1.807) is 17.0 Å². The molecule has 0 saturated carbocycles. The van der Waals surface area contributed by atoms with Crippen LogP contribution in [0.4, 0.5) is 10.1 Å². The van der Waals surface area contributed by atoms with Crippen LogP contribution in [0.1, 0.15) is 6.42 Å². The van der Waals surface area contributed by atoms with Crippen LogP contribution in [0.2, 0.25) is 0 Å². The fraction of sp³-hybridized carbons (Fsp3) is 0.278. The van der Waals surface area contributed by atoms with Gasteiger partial charge in [-0.05, 0) is 36.4 Å². The van der Waals surface area contributed by atoms with Crippen LogP contribution in [0.15, 0.2) is 54.6 Å². The predicted molar refractivity (Wildman–Crippen MR) is 88.2 cm³/mol. The lowest BCUT2D eigenvalue weighted by Gasteiger charge is -2.32. The highest BCUT2D eigenvalue weighted by molar-refractivity contribution is 5.94. The van der Waals surface area contributed by atoms with Crippen molar-refractivity contribution in [3.8, 4) is 5.75 Å². The molecule has 2 aromatic rings. The van der Waals surface area contributed by atoms with Gasteiger partial charge >= 0.3 is 0 Å². The average Bonchev–Trinajstić information content (AvgIpc) is 2.61. The third kappa shape index (κ3) is 4.31. The maximum Gasteiger partial charge on any atom is 0.232 e. The number of halogens is 1. The zero-order chi connectivity index (χ0) is 16.8. The van der Waals surface area contributed by atoms with E-state index in [1.807, 2.05) is 30.3 Å². The second-order valence-electron chi connectivity index (χ2n) is 5.39. The number of ether oxygens (including phenoxy) is 2. The summed E-state index contributed by atoms with van der Waals surface area (Å²) in [4.78, 5) is 13.8. The molecule has 1 unspecified atom stereocenters. The molecule has 0 spiro atoms. The highest BCUT2D eigenvalue weighted by Crippen LogP contribution is 2.18. The van der Waals surface area contributed by atoms with Crippen LogP contribution < -0.4 is 15.0 Å². The Balaban J connectivity index is 1.42. The molecular weight excluding hydrogens is 311 g/mol. The van der Waals surface area contributed by atoms with E-state index in [0.717, 1.165) is 5.75 Å². The molecule has 0 radical (unpaired) electrons. The molecule has 1 amide bonds. The van der Waals surface area contributed by atoms with Gasteiger partial charge in [-0.1, -0.05) is 18.2 Å². The van der Waals surface area contributed by atoms with E-state index >= 15 is 0 Å². The molecule has 1 fully saturated rings. The molecular formula is C18H19FN2O3. The van der Waals surface area contributed by atoms with Crippen molar-refractivity contribution in [3.05, 3.63) is 60.4 Å². The van der Waals surface area contributed by atoms with Gasteiger partial charge in [0.25, 0.3) is 0 Å². The first-order valence-electron chi connectivity index (χ1n) is 7.81. The van der Waals surface area contributed by atoms with Gasteiger partial charge in [0.05, 0.1) is 19.7 Å². The molecule has 1 heterocycles. The van der Waals surface area contributed by atoms with Crippen molar-refractivity contribution >= 4 is 11.6 Å². The summed E-state index contributed by atoms with van der Waals surface area (Å²) < 4.78 is 24.1. The minimum atomic E-state index is -0.339. The maximum atomic E-state index is 13.0. The Bertz CT molecular complexity index is 664. The molecule has 3 rings (SSSR count). The van der Waals surface area contributed by atoms with Gasteiger partial charge in [0.15, 0.2) is 0 Å². The number of rotatable bonds is 6. The molecule has 0 aliphatic carbocycles. The SMILES string of the molecule is O=C1CC(OCCOc2ccccc2)NCN1c1ccc(F)cc1. The van der Waals surface area contributed by atoms with Gasteiger partial charge in [0.2, 0.25) is 5.91 Å². The lowest BCUT2D eigenvalue weighted by atomic mass is 10.2. The minimum absolute atomic E-state index is 0.0608. The van der Waals surface area contributed by atoms with E-state index in [9.17, 15) is 9.18 Å². The van der Waals surface area contributed by atoms with E-state index in [-0.39, 0.29) is 24.4 Å². The van der Waals surface area contributed by atoms with E-state index in [1.165, 1.54) is 12.1 Å². The molecule has 0 aromatic heterocycles. The molecule has 1 aliphatic heterocycles. The average molecular weight is 330 g/mol. The Hall–Kier alpha value is -2.44. The molecule has 1 saturated heterocycles. The largest absolute Gasteiger partial charge is 0.491 e. The van der Waals surface area contributed by atoms with Crippen molar-refractivity contribution in [2.75, 3.05) is 24.8 Å². The molecule has 5 nitrogen and oxygen atoms in total. The van der Waals surface area contributed by atoms with Gasteiger partial charge in [-0.3, -0.25) is 15.0 Å². The van der Waals surface area contributed by atoms with Gasteiger partial charge in [-0.2, -0.15) is 0 Å². The summed E-state index contributed by atoms with van der Waals surface area (Å²) in [6.45, 7) is 1.13. The molecule has 1 N–H and O–H groups in total. The molecule has 1 aliphatic rings. The van der Waals surface area contributed by atoms with Crippen LogP contribution in [-0.2, 0) is 9.53 Å². The summed E-state index contributed by atoms with van der Waals surface area (Å²) in [5.41, 5.74) is 0.666. The number of anilines is 1. The van der Waals surface area contributed by atoms with E-state index in [2.05, 4.69) is 5.32 Å². The normalized spacial score (nSPS) is 17.8. The van der Waals surface area contributed by atoms with Crippen molar-refractivity contribution in [2.24, 2.45) is 0 Å². The van der Waals surface area contributed by atoms with Crippen LogP contribution in [0.25, 0.3) is 0 Å². The fourth-order valence-corrected chi connectivity index (χ4v) is 2.46. The number of hydrogen-bond acceptors (Lipinski definition) is 4. The molecule has 0 bridgehead atoms. The van der Waals surface area contributed by atoms with Crippen molar-refractivity contribution in [1.29, 1.82) is 0 Å². The minimum Gasteiger partial charge on any atom is -0.491 e. The monoisotopic (exact) mass is 330 g/mol. The Morgan fingerprint density at radius 1 is 1.08 bits per heavy atom. The summed E-state index contributed by atoms with van der Waals surface area (Å²) in [7, 11) is 0. The molecule has 2 aromatic carbocycles. The predicted octanol–water partition coefficient (Wildman–Crippen LogP) is 2.53. The number of nitrogens with zero attached hydrogens (tertiary/aromatic N) is 1. The van der Waals surface area contributed by atoms with Gasteiger partial charge in [-0.15, -0.1) is 0 Å². The van der Waals surface area contributed by atoms with Crippen LogP contribution in [0.5, 0.6) is 5.75 Å². The first kappa shape index (κ1) is 16.4. The topological polar surface area (TPSA) is 50.8 Å². The summed E-state index contributed by atoms with van der Waals surface area (Å²) in [5, 5.41) is 3.14. The van der Waals surface area contributed by atoms with Crippen molar-refractivity contribution in [2.45, 2.75) is 12.6 Å². The zero-order valence-electron chi connectivity index (χ0n) is 13.2. The van der Waals surface area contributed by atoms with Crippen LogP contribution in [0, 0.1) is 5.82 Å². The number of benzene rings is 2. The van der Waals surface area contributed by atoms with Crippen molar-refractivity contribution in [3.63, 3.8) is 0 Å². The third-order valence-corrected chi connectivity index (χ3v) is 3.69. The molecule has 1 atom stereocenters. The summed E-state index contributed by atoms with van der Waals surface area (Å²) in [6, 6.07) is 15.3. The highest BCUT2D eigenvalue weighted by Gasteiger charge is 2.26. The van der Waals surface area contributed by atoms with Gasteiger partial charge in [0, 0.05) is 5.69 Å². The number of amides is 1. The maximum absolute atomic E-state index is 13.0. The van der Waals surface area contributed by atoms with Crippen molar-refractivity contribution < 1.29 is 18.7 Å². The fourth-order valence-electron chi connectivity index (χ4n) is 2.46. The summed E-state index contributed by atoms with van der Waals surface area (Å²) >= 11 is 0. The second-order valence-corrected chi connectivity index (χ2v) is 5.39. The lowest BCUT2D eigenvalue weighted by Crippen LogP contribution is -2.52. The standard InChI is InChI=1S/C18H19FN2O3/c19-14-6-8-15(9-7-14)21-13-20-17(12-18(21)22)24-11-10-23-16-4-2-1-3-5-16/h1-9,17,20H,10-13H2. The summed E-state index contributed by atoms with van der Waals surface area (Å²) in [5.74, 6) is 0.404. The van der Waals surface area contributed by atoms with E-state index in [0.29, 0.717) is 25.6 Å². The zero-order valence-corrected chi connectivity index (χ0v) is 13.2. The quantitative estimate of drug-likeness (QED) is 0.827. The van der Waals surface area contributed by atoms with Gasteiger partial charge in [-0.25, -0.2) is 4.39 Å². The Kier molecular flexibility index (Phi) is 5.40. The number of para-hydroxylation sites is 1. The Labute approximate surface area is 140 Å². The van der Waals surface area contributed by atoms with Crippen LogP contribution in [-0.4, -0.2) is 32.0 Å². The first-order chi connectivity index (χ1) is 11.7. The molecule has 24 heavy (non-hydrogen) atoms. The van der Waals surface area contributed by atoms with E-state index in [4.69, 9.17) is 9.47 Å². The highest BCUT2D eigenvalue weighted by atomic mass is 19.1. The lowest BCUT2D eigenvalue weighted by molar-refractivity contribution is -0.125. The first-order valence-corrected chi connectivity index (χ1v) is 7.81.